The van der Waals surface area contributed by atoms with Gasteiger partial charge in [-0.3, -0.25) is 0 Å². The van der Waals surface area contributed by atoms with E-state index in [1.165, 1.54) is 18.4 Å². The summed E-state index contributed by atoms with van der Waals surface area (Å²) in [5.41, 5.74) is 1.50. The van der Waals surface area contributed by atoms with E-state index in [9.17, 15) is 9.59 Å². The molecule has 0 bridgehead atoms. The molecule has 0 N–H and O–H groups in total. The highest BCUT2D eigenvalue weighted by molar-refractivity contribution is 9.10. The zero-order chi connectivity index (χ0) is 21.1. The Morgan fingerprint density at radius 1 is 1.17 bits per heavy atom. The number of thiophene rings is 1. The Kier molecular flexibility index (Phi) is 5.78. The normalized spacial score (nSPS) is 14.4. The Hall–Kier alpha value is -3.23. The number of aliphatic imine (C=N–C) groups is 1. The van der Waals surface area contributed by atoms with Gasteiger partial charge in [0.15, 0.2) is 17.2 Å². The number of rotatable bonds is 5. The number of ether oxygens (including phenoxy) is 3. The first-order valence-corrected chi connectivity index (χ1v) is 10.4. The van der Waals surface area contributed by atoms with Gasteiger partial charge in [0.25, 0.3) is 0 Å². The predicted octanol–water partition coefficient (Wildman–Crippen LogP) is 5.08. The maximum absolute atomic E-state index is 12.3. The summed E-state index contributed by atoms with van der Waals surface area (Å²) in [5.74, 6) is -0.191. The molecule has 0 fully saturated rings. The number of carbonyl (C=O) groups is 2. The van der Waals surface area contributed by atoms with Crippen molar-refractivity contribution in [2.75, 3.05) is 7.11 Å². The van der Waals surface area contributed by atoms with Crippen molar-refractivity contribution in [2.24, 2.45) is 4.99 Å². The third-order valence-corrected chi connectivity index (χ3v) is 5.55. The van der Waals surface area contributed by atoms with Crippen molar-refractivity contribution in [1.29, 1.82) is 0 Å². The fraction of sp³-hybridized carbons (Fsp3) is 0.0455. The molecule has 4 rings (SSSR count). The Balaban J connectivity index is 1.64. The molecule has 30 heavy (non-hydrogen) atoms. The second-order valence-corrected chi connectivity index (χ2v) is 7.91. The Morgan fingerprint density at radius 2 is 1.97 bits per heavy atom. The molecule has 1 aromatic heterocycles. The zero-order valence-corrected chi connectivity index (χ0v) is 18.0. The van der Waals surface area contributed by atoms with Crippen LogP contribution in [0.5, 0.6) is 11.5 Å². The van der Waals surface area contributed by atoms with E-state index in [1.807, 2.05) is 30.3 Å². The fourth-order valence-electron chi connectivity index (χ4n) is 2.73. The van der Waals surface area contributed by atoms with Crippen LogP contribution in [0.25, 0.3) is 6.08 Å². The van der Waals surface area contributed by atoms with Crippen LogP contribution >= 0.6 is 27.3 Å². The van der Waals surface area contributed by atoms with E-state index in [-0.39, 0.29) is 17.3 Å². The molecule has 0 radical (unpaired) electrons. The molecule has 1 aliphatic rings. The molecule has 0 unspecified atom stereocenters. The first kappa shape index (κ1) is 20.1. The van der Waals surface area contributed by atoms with Crippen LogP contribution in [0.15, 0.2) is 75.1 Å². The lowest BCUT2D eigenvalue weighted by atomic mass is 10.1. The average Bonchev–Trinajstić information content (AvgIpc) is 3.41. The number of esters is 2. The largest absolute Gasteiger partial charge is 0.493 e. The molecule has 0 saturated heterocycles. The number of nitrogens with zero attached hydrogens (tertiary/aromatic N) is 1. The number of methoxy groups -OCH3 is 1. The van der Waals surface area contributed by atoms with Gasteiger partial charge in [-0.2, -0.15) is 0 Å². The van der Waals surface area contributed by atoms with Crippen LogP contribution in [0.3, 0.4) is 0 Å². The summed E-state index contributed by atoms with van der Waals surface area (Å²) in [6.45, 7) is 0. The Morgan fingerprint density at radius 3 is 2.67 bits per heavy atom. The number of benzene rings is 2. The van der Waals surface area contributed by atoms with Crippen LogP contribution in [0.4, 0.5) is 0 Å². The van der Waals surface area contributed by atoms with E-state index in [1.54, 1.807) is 35.7 Å². The number of hydrogen-bond donors (Lipinski definition) is 0. The lowest BCUT2D eigenvalue weighted by Crippen LogP contribution is -2.08. The van der Waals surface area contributed by atoms with E-state index in [4.69, 9.17) is 14.2 Å². The summed E-state index contributed by atoms with van der Waals surface area (Å²) in [6.07, 6.45) is 1.58. The van der Waals surface area contributed by atoms with E-state index < -0.39 is 11.9 Å². The van der Waals surface area contributed by atoms with Gasteiger partial charge in [-0.25, -0.2) is 14.6 Å². The minimum absolute atomic E-state index is 0.158. The van der Waals surface area contributed by atoms with Crippen LogP contribution in [-0.2, 0) is 9.53 Å². The molecule has 0 aliphatic carbocycles. The van der Waals surface area contributed by atoms with Gasteiger partial charge in [-0.1, -0.05) is 24.3 Å². The van der Waals surface area contributed by atoms with E-state index in [2.05, 4.69) is 20.9 Å². The quantitative estimate of drug-likeness (QED) is 0.287. The topological polar surface area (TPSA) is 74.2 Å². The summed E-state index contributed by atoms with van der Waals surface area (Å²) < 4.78 is 16.6. The molecule has 3 aromatic rings. The Bertz CT molecular complexity index is 1170. The van der Waals surface area contributed by atoms with Crippen LogP contribution in [-0.4, -0.2) is 24.9 Å². The molecule has 0 amide bonds. The van der Waals surface area contributed by atoms with Gasteiger partial charge < -0.3 is 14.2 Å². The summed E-state index contributed by atoms with van der Waals surface area (Å²) in [5, 5.41) is 1.79. The first-order chi connectivity index (χ1) is 14.5. The monoisotopic (exact) mass is 483 g/mol. The summed E-state index contributed by atoms with van der Waals surface area (Å²) in [4.78, 5) is 29.3. The van der Waals surface area contributed by atoms with Gasteiger partial charge in [0, 0.05) is 5.56 Å². The van der Waals surface area contributed by atoms with Gasteiger partial charge in [0.2, 0.25) is 5.90 Å². The van der Waals surface area contributed by atoms with Crippen LogP contribution in [0, 0.1) is 0 Å². The van der Waals surface area contributed by atoms with Crippen molar-refractivity contribution in [3.8, 4) is 11.5 Å². The number of halogens is 1. The molecule has 8 heteroatoms. The van der Waals surface area contributed by atoms with Crippen molar-refractivity contribution in [3.05, 3.63) is 86.2 Å². The summed E-state index contributed by atoms with van der Waals surface area (Å²) in [7, 11) is 1.47. The zero-order valence-electron chi connectivity index (χ0n) is 15.6. The molecular formula is C22H14BrNO5S. The fourth-order valence-corrected chi connectivity index (χ4v) is 3.87. The number of hydrogen-bond acceptors (Lipinski definition) is 7. The van der Waals surface area contributed by atoms with Crippen LogP contribution < -0.4 is 9.47 Å². The van der Waals surface area contributed by atoms with E-state index in [0.717, 1.165) is 0 Å². The highest BCUT2D eigenvalue weighted by Crippen LogP contribution is 2.38. The summed E-state index contributed by atoms with van der Waals surface area (Å²) >= 11 is 4.69. The van der Waals surface area contributed by atoms with E-state index in [0.29, 0.717) is 26.2 Å². The van der Waals surface area contributed by atoms with Gasteiger partial charge in [0.1, 0.15) is 4.88 Å². The van der Waals surface area contributed by atoms with Crippen LogP contribution in [0.1, 0.15) is 20.8 Å². The maximum Gasteiger partial charge on any atom is 0.363 e. The lowest BCUT2D eigenvalue weighted by Gasteiger charge is -2.11. The summed E-state index contributed by atoms with van der Waals surface area (Å²) in [6, 6.07) is 16.0. The third-order valence-electron chi connectivity index (χ3n) is 4.11. The van der Waals surface area contributed by atoms with Crippen molar-refractivity contribution in [3.63, 3.8) is 0 Å². The maximum atomic E-state index is 12.3. The van der Waals surface area contributed by atoms with Crippen LogP contribution in [0.2, 0.25) is 0 Å². The van der Waals surface area contributed by atoms with Crippen molar-refractivity contribution in [2.45, 2.75) is 0 Å². The van der Waals surface area contributed by atoms with Gasteiger partial charge >= 0.3 is 11.9 Å². The third kappa shape index (κ3) is 4.19. The molecule has 2 heterocycles. The smallest absolute Gasteiger partial charge is 0.363 e. The average molecular weight is 484 g/mol. The predicted molar refractivity (Wildman–Crippen MR) is 117 cm³/mol. The van der Waals surface area contributed by atoms with Gasteiger partial charge in [0.05, 0.1) is 11.6 Å². The molecule has 2 aromatic carbocycles. The molecule has 6 nitrogen and oxygen atoms in total. The van der Waals surface area contributed by atoms with Crippen molar-refractivity contribution < 1.29 is 23.8 Å². The number of cyclic esters (lactones) is 1. The van der Waals surface area contributed by atoms with Gasteiger partial charge in [-0.15, -0.1) is 11.3 Å². The molecule has 1 aliphatic heterocycles. The lowest BCUT2D eigenvalue weighted by molar-refractivity contribution is -0.129. The second-order valence-electron chi connectivity index (χ2n) is 6.10. The minimum Gasteiger partial charge on any atom is -0.493 e. The highest BCUT2D eigenvalue weighted by Gasteiger charge is 2.24. The first-order valence-electron chi connectivity index (χ1n) is 8.76. The van der Waals surface area contributed by atoms with Crippen molar-refractivity contribution >= 4 is 51.2 Å². The van der Waals surface area contributed by atoms with Crippen molar-refractivity contribution in [1.82, 2.24) is 0 Å². The molecule has 150 valence electrons. The minimum atomic E-state index is -0.544. The molecular weight excluding hydrogens is 470 g/mol. The SMILES string of the molecule is COc1cc(C=C2N=C(c3ccccc3)OC2=O)cc(Br)c1OC(=O)c1cccs1. The van der Waals surface area contributed by atoms with E-state index >= 15 is 0 Å². The Labute approximate surface area is 184 Å². The van der Waals surface area contributed by atoms with Gasteiger partial charge in [-0.05, 0) is 63.3 Å². The molecule has 0 saturated carbocycles. The highest BCUT2D eigenvalue weighted by atomic mass is 79.9. The standard InChI is InChI=1S/C22H14BrNO5S/c1-27-17-12-13(10-15(23)19(17)28-22(26)18-8-5-9-30-18)11-16-21(25)29-20(24-16)14-6-3-2-4-7-14/h2-12H,1H3. The second kappa shape index (κ2) is 8.64. The number of carbonyl (C=O) groups excluding carboxylic acids is 2. The molecule has 0 spiro atoms. The molecule has 0 atom stereocenters.